The van der Waals surface area contributed by atoms with Gasteiger partial charge in [-0.05, 0) is 38.6 Å². The molecule has 2 aliphatic rings. The van der Waals surface area contributed by atoms with E-state index in [9.17, 15) is 5.11 Å². The van der Waals surface area contributed by atoms with E-state index >= 15 is 0 Å². The lowest BCUT2D eigenvalue weighted by Crippen LogP contribution is -2.47. The van der Waals surface area contributed by atoms with E-state index in [1.54, 1.807) is 13.3 Å². The van der Waals surface area contributed by atoms with Gasteiger partial charge in [-0.2, -0.15) is 5.10 Å². The number of fused-ring (bicyclic) bond motifs is 1. The first-order valence-electron chi connectivity index (χ1n) is 7.74. The largest absolute Gasteiger partial charge is 0.493 e. The number of hydrogen-bond acceptors (Lipinski definition) is 4. The van der Waals surface area contributed by atoms with Gasteiger partial charge in [-0.15, -0.1) is 0 Å². The van der Waals surface area contributed by atoms with Gasteiger partial charge in [0, 0.05) is 19.1 Å². The highest BCUT2D eigenvalue weighted by atomic mass is 16.5. The maximum Gasteiger partial charge on any atom is 0.162 e. The second-order valence-corrected chi connectivity index (χ2v) is 6.10. The normalized spacial score (nSPS) is 30.4. The number of piperidine rings is 1. The second kappa shape index (κ2) is 5.37. The van der Waals surface area contributed by atoms with E-state index in [4.69, 9.17) is 4.74 Å². The topological polar surface area (TPSA) is 50.5 Å². The van der Waals surface area contributed by atoms with Crippen molar-refractivity contribution >= 4 is 0 Å². The predicted octanol–water partition coefficient (Wildman–Crippen LogP) is 1.75. The first-order valence-corrected chi connectivity index (χ1v) is 7.74. The Balaban J connectivity index is 1.92. The van der Waals surface area contributed by atoms with Gasteiger partial charge >= 0.3 is 0 Å². The summed E-state index contributed by atoms with van der Waals surface area (Å²) in [6.45, 7) is 5.12. The van der Waals surface area contributed by atoms with E-state index in [2.05, 4.69) is 16.9 Å². The molecule has 2 aliphatic heterocycles. The molecule has 20 heavy (non-hydrogen) atoms. The van der Waals surface area contributed by atoms with Crippen LogP contribution < -0.4 is 4.74 Å². The Morgan fingerprint density at radius 2 is 2.35 bits per heavy atom. The Hall–Kier alpha value is -1.07. The van der Waals surface area contributed by atoms with Gasteiger partial charge in [0.05, 0.1) is 13.3 Å². The fraction of sp³-hybridized carbons (Fsp3) is 0.800. The third-order valence-corrected chi connectivity index (χ3v) is 4.79. The standard InChI is InChI=1S/C15H25N3O2/c1-3-7-18-14(13(20-2)11-16-18)15(19)6-9-17-8-4-5-12(17)10-15/h11-12,19H,3-10H2,1-2H3. The van der Waals surface area contributed by atoms with Gasteiger partial charge in [-0.1, -0.05) is 6.92 Å². The van der Waals surface area contributed by atoms with Gasteiger partial charge in [0.15, 0.2) is 5.75 Å². The van der Waals surface area contributed by atoms with Crippen molar-refractivity contribution in [3.8, 4) is 5.75 Å². The molecule has 1 N–H and O–H groups in total. The third kappa shape index (κ3) is 2.23. The van der Waals surface area contributed by atoms with Gasteiger partial charge in [0.25, 0.3) is 0 Å². The summed E-state index contributed by atoms with van der Waals surface area (Å²) in [6, 6.07) is 0.517. The van der Waals surface area contributed by atoms with Crippen LogP contribution in [0.3, 0.4) is 0 Å². The molecule has 1 aromatic rings. The Morgan fingerprint density at radius 3 is 3.10 bits per heavy atom. The van der Waals surface area contributed by atoms with Crippen LogP contribution in [0.4, 0.5) is 0 Å². The van der Waals surface area contributed by atoms with E-state index < -0.39 is 5.60 Å². The summed E-state index contributed by atoms with van der Waals surface area (Å²) >= 11 is 0. The maximum atomic E-state index is 11.2. The minimum atomic E-state index is -0.789. The number of aromatic nitrogens is 2. The SMILES string of the molecule is CCCn1ncc(OC)c1C1(O)CCN2CCCC2C1. The maximum absolute atomic E-state index is 11.2. The fourth-order valence-corrected chi connectivity index (χ4v) is 3.82. The first kappa shape index (κ1) is 13.9. The molecule has 0 amide bonds. The van der Waals surface area contributed by atoms with Crippen LogP contribution in [-0.2, 0) is 12.1 Å². The molecule has 3 heterocycles. The van der Waals surface area contributed by atoms with E-state index in [-0.39, 0.29) is 0 Å². The minimum Gasteiger partial charge on any atom is -0.493 e. The Bertz CT molecular complexity index is 474. The van der Waals surface area contributed by atoms with Crippen LogP contribution in [0.15, 0.2) is 6.20 Å². The number of methoxy groups -OCH3 is 1. The van der Waals surface area contributed by atoms with Crippen LogP contribution in [-0.4, -0.2) is 46.0 Å². The highest BCUT2D eigenvalue weighted by Crippen LogP contribution is 2.42. The molecule has 0 aromatic carbocycles. The van der Waals surface area contributed by atoms with Crippen molar-refractivity contribution in [2.75, 3.05) is 20.2 Å². The lowest BCUT2D eigenvalue weighted by molar-refractivity contribution is -0.0486. The van der Waals surface area contributed by atoms with Crippen molar-refractivity contribution in [3.63, 3.8) is 0 Å². The van der Waals surface area contributed by atoms with Crippen LogP contribution in [0.25, 0.3) is 0 Å². The molecule has 0 bridgehead atoms. The smallest absolute Gasteiger partial charge is 0.162 e. The molecule has 2 fully saturated rings. The Labute approximate surface area is 120 Å². The lowest BCUT2D eigenvalue weighted by atomic mass is 9.83. The number of nitrogens with zero attached hydrogens (tertiary/aromatic N) is 3. The van der Waals surface area contributed by atoms with Gasteiger partial charge in [-0.25, -0.2) is 0 Å². The third-order valence-electron chi connectivity index (χ3n) is 4.79. The van der Waals surface area contributed by atoms with Gasteiger partial charge in [0.1, 0.15) is 11.3 Å². The summed E-state index contributed by atoms with van der Waals surface area (Å²) in [5.74, 6) is 0.729. The van der Waals surface area contributed by atoms with Crippen molar-refractivity contribution in [3.05, 3.63) is 11.9 Å². The molecule has 112 valence electrons. The zero-order valence-electron chi connectivity index (χ0n) is 12.5. The molecule has 2 saturated heterocycles. The van der Waals surface area contributed by atoms with Crippen LogP contribution in [0, 0.1) is 0 Å². The summed E-state index contributed by atoms with van der Waals surface area (Å²) in [5.41, 5.74) is 0.0936. The molecule has 2 unspecified atom stereocenters. The molecular formula is C15H25N3O2. The number of hydrogen-bond donors (Lipinski definition) is 1. The number of aryl methyl sites for hydroxylation is 1. The summed E-state index contributed by atoms with van der Waals surface area (Å²) in [5, 5.41) is 15.6. The zero-order valence-corrected chi connectivity index (χ0v) is 12.5. The number of rotatable bonds is 4. The average Bonchev–Trinajstić information content (AvgIpc) is 3.04. The lowest BCUT2D eigenvalue weighted by Gasteiger charge is -2.41. The highest BCUT2D eigenvalue weighted by molar-refractivity contribution is 5.32. The highest BCUT2D eigenvalue weighted by Gasteiger charge is 2.44. The summed E-state index contributed by atoms with van der Waals surface area (Å²) < 4.78 is 7.38. The molecule has 0 radical (unpaired) electrons. The molecule has 0 spiro atoms. The molecule has 0 saturated carbocycles. The monoisotopic (exact) mass is 279 g/mol. The van der Waals surface area contributed by atoms with Crippen molar-refractivity contribution in [2.24, 2.45) is 0 Å². The van der Waals surface area contributed by atoms with E-state index in [0.717, 1.165) is 43.8 Å². The molecule has 0 aliphatic carbocycles. The molecule has 3 rings (SSSR count). The number of ether oxygens (including phenoxy) is 1. The quantitative estimate of drug-likeness (QED) is 0.912. The van der Waals surface area contributed by atoms with E-state index in [0.29, 0.717) is 6.04 Å². The van der Waals surface area contributed by atoms with E-state index in [1.165, 1.54) is 19.4 Å². The van der Waals surface area contributed by atoms with Crippen molar-refractivity contribution in [1.29, 1.82) is 0 Å². The van der Waals surface area contributed by atoms with Crippen molar-refractivity contribution in [1.82, 2.24) is 14.7 Å². The van der Waals surface area contributed by atoms with Crippen LogP contribution in [0.2, 0.25) is 0 Å². The zero-order chi connectivity index (χ0) is 14.2. The first-order chi connectivity index (χ1) is 9.68. The van der Waals surface area contributed by atoms with Crippen LogP contribution in [0.1, 0.15) is 44.7 Å². The van der Waals surface area contributed by atoms with Crippen molar-refractivity contribution in [2.45, 2.75) is 57.2 Å². The van der Waals surface area contributed by atoms with Crippen LogP contribution >= 0.6 is 0 Å². The minimum absolute atomic E-state index is 0.517. The summed E-state index contributed by atoms with van der Waals surface area (Å²) in [7, 11) is 1.66. The summed E-state index contributed by atoms with van der Waals surface area (Å²) in [6.07, 6.45) is 6.78. The molecule has 2 atom stereocenters. The summed E-state index contributed by atoms with van der Waals surface area (Å²) in [4.78, 5) is 2.52. The van der Waals surface area contributed by atoms with Gasteiger partial charge in [0.2, 0.25) is 0 Å². The van der Waals surface area contributed by atoms with Gasteiger partial charge in [-0.3, -0.25) is 4.68 Å². The van der Waals surface area contributed by atoms with Gasteiger partial charge < -0.3 is 14.7 Å². The number of aliphatic hydroxyl groups is 1. The fourth-order valence-electron chi connectivity index (χ4n) is 3.82. The van der Waals surface area contributed by atoms with Crippen LogP contribution in [0.5, 0.6) is 5.75 Å². The molecule has 1 aromatic heterocycles. The van der Waals surface area contributed by atoms with Crippen molar-refractivity contribution < 1.29 is 9.84 Å². The Morgan fingerprint density at radius 1 is 1.50 bits per heavy atom. The Kier molecular flexibility index (Phi) is 3.73. The average molecular weight is 279 g/mol. The molecular weight excluding hydrogens is 254 g/mol. The van der Waals surface area contributed by atoms with E-state index in [1.807, 2.05) is 4.68 Å². The molecule has 5 nitrogen and oxygen atoms in total. The molecule has 5 heteroatoms. The second-order valence-electron chi connectivity index (χ2n) is 6.10. The predicted molar refractivity (Wildman–Crippen MR) is 76.8 cm³/mol.